The summed E-state index contributed by atoms with van der Waals surface area (Å²) >= 11 is 0. The predicted octanol–water partition coefficient (Wildman–Crippen LogP) is 0.648. The molecule has 0 heterocycles. The fourth-order valence-corrected chi connectivity index (χ4v) is 1.13. The Morgan fingerprint density at radius 1 is 1.31 bits per heavy atom. The summed E-state index contributed by atoms with van der Waals surface area (Å²) < 4.78 is 5.12. The van der Waals surface area contributed by atoms with Gasteiger partial charge in [0.1, 0.15) is 5.75 Å². The van der Waals surface area contributed by atoms with Gasteiger partial charge in [-0.15, -0.1) is 0 Å². The molecule has 0 radical (unpaired) electrons. The lowest BCUT2D eigenvalue weighted by atomic mass is 10.1. The second kappa shape index (κ2) is 5.87. The lowest BCUT2D eigenvalue weighted by molar-refractivity contribution is -0.123. The van der Waals surface area contributed by atoms with E-state index in [1.54, 1.807) is 31.2 Å². The lowest BCUT2D eigenvalue weighted by Crippen LogP contribution is -2.34. The molecule has 0 fully saturated rings. The van der Waals surface area contributed by atoms with E-state index in [1.807, 2.05) is 5.43 Å². The summed E-state index contributed by atoms with van der Waals surface area (Å²) in [5.41, 5.74) is 2.59. The molecule has 0 aliphatic rings. The average molecular weight is 222 g/mol. The number of carbonyl (C=O) groups is 2. The number of Topliss-reactive ketones (excluding diaryl/α,β-unsaturated/α-hetero) is 1. The number of hydrazine groups is 1. The van der Waals surface area contributed by atoms with Gasteiger partial charge in [-0.25, -0.2) is 5.84 Å². The zero-order valence-electron chi connectivity index (χ0n) is 9.03. The van der Waals surface area contributed by atoms with Crippen LogP contribution in [0, 0.1) is 0 Å². The van der Waals surface area contributed by atoms with Crippen molar-refractivity contribution in [3.05, 3.63) is 29.8 Å². The number of rotatable bonds is 5. The van der Waals surface area contributed by atoms with Crippen LogP contribution in [-0.2, 0) is 4.79 Å². The minimum atomic E-state index is -0.409. The van der Waals surface area contributed by atoms with E-state index in [0.29, 0.717) is 17.7 Å². The van der Waals surface area contributed by atoms with Crippen LogP contribution >= 0.6 is 0 Å². The van der Waals surface area contributed by atoms with Crippen molar-refractivity contribution in [2.75, 3.05) is 6.61 Å². The molecule has 1 amide bonds. The molecule has 0 aromatic heterocycles. The molecule has 5 nitrogen and oxygen atoms in total. The Kier molecular flexibility index (Phi) is 4.47. The van der Waals surface area contributed by atoms with Crippen molar-refractivity contribution in [2.45, 2.75) is 13.3 Å². The van der Waals surface area contributed by atoms with Crippen LogP contribution in [-0.4, -0.2) is 18.3 Å². The summed E-state index contributed by atoms with van der Waals surface area (Å²) in [6.07, 6.45) is 0.468. The molecule has 16 heavy (non-hydrogen) atoms. The SMILES string of the molecule is CCC(=O)c1ccc(OCC(=O)NN)cc1. The molecule has 86 valence electrons. The highest BCUT2D eigenvalue weighted by Crippen LogP contribution is 2.13. The zero-order valence-corrected chi connectivity index (χ0v) is 9.03. The molecule has 0 unspecified atom stereocenters. The monoisotopic (exact) mass is 222 g/mol. The summed E-state index contributed by atoms with van der Waals surface area (Å²) in [4.78, 5) is 22.1. The van der Waals surface area contributed by atoms with Crippen molar-refractivity contribution >= 4 is 11.7 Å². The van der Waals surface area contributed by atoms with Gasteiger partial charge in [0.05, 0.1) is 0 Å². The first-order chi connectivity index (χ1) is 7.67. The van der Waals surface area contributed by atoms with Gasteiger partial charge in [0, 0.05) is 12.0 Å². The quantitative estimate of drug-likeness (QED) is 0.331. The molecule has 0 aliphatic carbocycles. The first kappa shape index (κ1) is 12.2. The molecule has 1 rings (SSSR count). The number of amides is 1. The smallest absolute Gasteiger partial charge is 0.271 e. The number of ketones is 1. The van der Waals surface area contributed by atoms with Crippen molar-refractivity contribution in [3.63, 3.8) is 0 Å². The van der Waals surface area contributed by atoms with Crippen LogP contribution in [0.25, 0.3) is 0 Å². The van der Waals surface area contributed by atoms with Gasteiger partial charge >= 0.3 is 0 Å². The summed E-state index contributed by atoms with van der Waals surface area (Å²) in [7, 11) is 0. The molecule has 0 atom stereocenters. The Balaban J connectivity index is 2.58. The number of nitrogens with two attached hydrogens (primary N) is 1. The predicted molar refractivity (Wildman–Crippen MR) is 58.9 cm³/mol. The van der Waals surface area contributed by atoms with Gasteiger partial charge in [-0.05, 0) is 24.3 Å². The molecule has 1 aromatic rings. The fourth-order valence-electron chi connectivity index (χ4n) is 1.13. The molecule has 0 bridgehead atoms. The van der Waals surface area contributed by atoms with Crippen LogP contribution in [0.5, 0.6) is 5.75 Å². The largest absolute Gasteiger partial charge is 0.484 e. The maximum Gasteiger partial charge on any atom is 0.271 e. The minimum absolute atomic E-state index is 0.0752. The maximum absolute atomic E-state index is 11.3. The number of hydrogen-bond donors (Lipinski definition) is 2. The Morgan fingerprint density at radius 3 is 2.44 bits per heavy atom. The average Bonchev–Trinajstić information content (AvgIpc) is 2.35. The Labute approximate surface area is 93.6 Å². The third-order valence-electron chi connectivity index (χ3n) is 2.03. The van der Waals surface area contributed by atoms with E-state index in [9.17, 15) is 9.59 Å². The molecule has 0 spiro atoms. The maximum atomic E-state index is 11.3. The van der Waals surface area contributed by atoms with Crippen molar-refractivity contribution in [2.24, 2.45) is 5.84 Å². The molecule has 0 aliphatic heterocycles. The van der Waals surface area contributed by atoms with Gasteiger partial charge in [0.2, 0.25) is 0 Å². The highest BCUT2D eigenvalue weighted by atomic mass is 16.5. The highest BCUT2D eigenvalue weighted by Gasteiger charge is 2.04. The van der Waals surface area contributed by atoms with E-state index in [0.717, 1.165) is 0 Å². The second-order valence-corrected chi connectivity index (χ2v) is 3.16. The first-order valence-electron chi connectivity index (χ1n) is 4.93. The third-order valence-corrected chi connectivity index (χ3v) is 2.03. The Morgan fingerprint density at radius 2 is 1.94 bits per heavy atom. The van der Waals surface area contributed by atoms with Crippen molar-refractivity contribution < 1.29 is 14.3 Å². The first-order valence-corrected chi connectivity index (χ1v) is 4.93. The molecule has 0 saturated carbocycles. The Bertz CT molecular complexity index is 373. The highest BCUT2D eigenvalue weighted by molar-refractivity contribution is 5.95. The fraction of sp³-hybridized carbons (Fsp3) is 0.273. The van der Waals surface area contributed by atoms with Gasteiger partial charge < -0.3 is 4.74 Å². The van der Waals surface area contributed by atoms with Crippen molar-refractivity contribution in [1.29, 1.82) is 0 Å². The topological polar surface area (TPSA) is 81.4 Å². The van der Waals surface area contributed by atoms with Gasteiger partial charge in [-0.2, -0.15) is 0 Å². The Hall–Kier alpha value is -1.88. The number of benzene rings is 1. The van der Waals surface area contributed by atoms with Crippen LogP contribution in [0.15, 0.2) is 24.3 Å². The minimum Gasteiger partial charge on any atom is -0.484 e. The van der Waals surface area contributed by atoms with Crippen LogP contribution in [0.4, 0.5) is 0 Å². The lowest BCUT2D eigenvalue weighted by Gasteiger charge is -2.05. The van der Waals surface area contributed by atoms with Gasteiger partial charge in [-0.3, -0.25) is 15.0 Å². The van der Waals surface area contributed by atoms with Crippen LogP contribution in [0.1, 0.15) is 23.7 Å². The number of hydrogen-bond acceptors (Lipinski definition) is 4. The van der Waals surface area contributed by atoms with E-state index in [2.05, 4.69) is 0 Å². The third kappa shape index (κ3) is 3.36. The molecule has 5 heteroatoms. The standard InChI is InChI=1S/C11H14N2O3/c1-2-10(14)8-3-5-9(6-4-8)16-7-11(15)13-12/h3-6H,2,7,12H2,1H3,(H,13,15). The summed E-state index contributed by atoms with van der Waals surface area (Å²) in [5.74, 6) is 5.08. The van der Waals surface area contributed by atoms with Gasteiger partial charge in [-0.1, -0.05) is 6.92 Å². The van der Waals surface area contributed by atoms with Crippen LogP contribution < -0.4 is 16.0 Å². The number of nitrogens with one attached hydrogen (secondary N) is 1. The summed E-state index contributed by atoms with van der Waals surface area (Å²) in [5, 5.41) is 0. The molecule has 0 saturated heterocycles. The normalized spacial score (nSPS) is 9.62. The summed E-state index contributed by atoms with van der Waals surface area (Å²) in [6, 6.07) is 6.63. The zero-order chi connectivity index (χ0) is 12.0. The second-order valence-electron chi connectivity index (χ2n) is 3.16. The van der Waals surface area contributed by atoms with Crippen molar-refractivity contribution in [3.8, 4) is 5.75 Å². The van der Waals surface area contributed by atoms with Crippen LogP contribution in [0.2, 0.25) is 0 Å². The number of carbonyl (C=O) groups excluding carboxylic acids is 2. The number of ether oxygens (including phenoxy) is 1. The van der Waals surface area contributed by atoms with E-state index in [1.165, 1.54) is 0 Å². The molecule has 3 N–H and O–H groups in total. The van der Waals surface area contributed by atoms with Gasteiger partial charge in [0.25, 0.3) is 5.91 Å². The van der Waals surface area contributed by atoms with Crippen LogP contribution in [0.3, 0.4) is 0 Å². The van der Waals surface area contributed by atoms with Gasteiger partial charge in [0.15, 0.2) is 12.4 Å². The van der Waals surface area contributed by atoms with E-state index >= 15 is 0 Å². The summed E-state index contributed by atoms with van der Waals surface area (Å²) in [6.45, 7) is 1.66. The molecular formula is C11H14N2O3. The van der Waals surface area contributed by atoms with E-state index < -0.39 is 5.91 Å². The molecular weight excluding hydrogens is 208 g/mol. The van der Waals surface area contributed by atoms with E-state index in [4.69, 9.17) is 10.6 Å². The molecule has 1 aromatic carbocycles. The van der Waals surface area contributed by atoms with Crippen molar-refractivity contribution in [1.82, 2.24) is 5.43 Å². The van der Waals surface area contributed by atoms with E-state index in [-0.39, 0.29) is 12.4 Å².